The summed E-state index contributed by atoms with van der Waals surface area (Å²) in [6, 6.07) is 8.59. The van der Waals surface area contributed by atoms with Gasteiger partial charge in [0.25, 0.3) is 0 Å². The molecule has 0 aliphatic carbocycles. The maximum Gasteiger partial charge on any atom is 0.319 e. The van der Waals surface area contributed by atoms with Crippen molar-refractivity contribution in [3.05, 3.63) is 42.2 Å². The first-order chi connectivity index (χ1) is 8.65. The molecule has 1 aromatic carbocycles. The summed E-state index contributed by atoms with van der Waals surface area (Å²) < 4.78 is 1.71. The first kappa shape index (κ1) is 12.0. The summed E-state index contributed by atoms with van der Waals surface area (Å²) >= 11 is 0. The molecule has 0 saturated carbocycles. The third-order valence-electron chi connectivity index (χ3n) is 2.50. The maximum atomic E-state index is 11.6. The van der Waals surface area contributed by atoms with Crippen LogP contribution in [0.2, 0.25) is 0 Å². The van der Waals surface area contributed by atoms with Gasteiger partial charge < -0.3 is 16.4 Å². The predicted molar refractivity (Wildman–Crippen MR) is 69.9 cm³/mol. The molecule has 6 nitrogen and oxygen atoms in total. The predicted octanol–water partition coefficient (Wildman–Crippen LogP) is 1.32. The molecule has 1 heterocycles. The van der Waals surface area contributed by atoms with Crippen LogP contribution >= 0.6 is 0 Å². The van der Waals surface area contributed by atoms with Gasteiger partial charge in [0, 0.05) is 24.6 Å². The van der Waals surface area contributed by atoms with Crippen LogP contribution < -0.4 is 16.4 Å². The van der Waals surface area contributed by atoms with Crippen molar-refractivity contribution in [2.24, 2.45) is 7.05 Å². The molecule has 0 spiro atoms. The van der Waals surface area contributed by atoms with Gasteiger partial charge in [-0.15, -0.1) is 0 Å². The Morgan fingerprint density at radius 2 is 2.28 bits per heavy atom. The first-order valence-electron chi connectivity index (χ1n) is 5.52. The fourth-order valence-electron chi connectivity index (χ4n) is 1.54. The van der Waals surface area contributed by atoms with E-state index < -0.39 is 0 Å². The van der Waals surface area contributed by atoms with E-state index in [1.54, 1.807) is 35.1 Å². The van der Waals surface area contributed by atoms with Crippen molar-refractivity contribution in [3.63, 3.8) is 0 Å². The first-order valence-corrected chi connectivity index (χ1v) is 5.52. The zero-order valence-electron chi connectivity index (χ0n) is 10.1. The SMILES string of the molecule is Cn1nccc1CNC(=O)Nc1cccc(N)c1. The van der Waals surface area contributed by atoms with Crippen LogP contribution in [-0.2, 0) is 13.6 Å². The van der Waals surface area contributed by atoms with Crippen LogP contribution in [0.5, 0.6) is 0 Å². The van der Waals surface area contributed by atoms with Crippen LogP contribution in [0, 0.1) is 0 Å². The van der Waals surface area contributed by atoms with Crippen molar-refractivity contribution < 1.29 is 4.79 Å². The third kappa shape index (κ3) is 3.00. The molecule has 0 saturated heterocycles. The van der Waals surface area contributed by atoms with E-state index in [-0.39, 0.29) is 6.03 Å². The Hall–Kier alpha value is -2.50. The van der Waals surface area contributed by atoms with E-state index in [1.165, 1.54) is 0 Å². The monoisotopic (exact) mass is 245 g/mol. The van der Waals surface area contributed by atoms with E-state index in [1.807, 2.05) is 13.1 Å². The molecular weight excluding hydrogens is 230 g/mol. The second-order valence-electron chi connectivity index (χ2n) is 3.88. The molecule has 0 bridgehead atoms. The number of hydrogen-bond donors (Lipinski definition) is 3. The summed E-state index contributed by atoms with van der Waals surface area (Å²) in [4.78, 5) is 11.6. The summed E-state index contributed by atoms with van der Waals surface area (Å²) in [5, 5.41) is 9.47. The number of urea groups is 1. The van der Waals surface area contributed by atoms with Gasteiger partial charge in [0.15, 0.2) is 0 Å². The second kappa shape index (κ2) is 5.22. The van der Waals surface area contributed by atoms with Gasteiger partial charge in [-0.2, -0.15) is 5.10 Å². The third-order valence-corrected chi connectivity index (χ3v) is 2.50. The Bertz CT molecular complexity index is 549. The number of anilines is 2. The van der Waals surface area contributed by atoms with Crippen LogP contribution in [0.1, 0.15) is 5.69 Å². The zero-order chi connectivity index (χ0) is 13.0. The van der Waals surface area contributed by atoms with Gasteiger partial charge in [-0.1, -0.05) is 6.07 Å². The summed E-state index contributed by atoms with van der Waals surface area (Å²) in [5.74, 6) is 0. The van der Waals surface area contributed by atoms with Crippen molar-refractivity contribution in [1.29, 1.82) is 0 Å². The van der Waals surface area contributed by atoms with Gasteiger partial charge in [0.1, 0.15) is 0 Å². The maximum absolute atomic E-state index is 11.6. The minimum atomic E-state index is -0.276. The number of nitrogens with one attached hydrogen (secondary N) is 2. The molecule has 0 unspecified atom stereocenters. The molecule has 0 aliphatic heterocycles. The lowest BCUT2D eigenvalue weighted by molar-refractivity contribution is 0.251. The van der Waals surface area contributed by atoms with Gasteiger partial charge in [0.2, 0.25) is 0 Å². The average molecular weight is 245 g/mol. The number of nitrogens with two attached hydrogens (primary N) is 1. The minimum absolute atomic E-state index is 0.276. The Balaban J connectivity index is 1.88. The molecule has 1 aromatic heterocycles. The number of nitrogens with zero attached hydrogens (tertiary/aromatic N) is 2. The highest BCUT2D eigenvalue weighted by atomic mass is 16.2. The summed E-state index contributed by atoms with van der Waals surface area (Å²) in [7, 11) is 1.83. The Morgan fingerprint density at radius 3 is 2.94 bits per heavy atom. The van der Waals surface area contributed by atoms with Gasteiger partial charge in [-0.25, -0.2) is 4.79 Å². The highest BCUT2D eigenvalue weighted by Crippen LogP contribution is 2.11. The molecule has 0 fully saturated rings. The lowest BCUT2D eigenvalue weighted by Crippen LogP contribution is -2.29. The smallest absolute Gasteiger partial charge is 0.319 e. The van der Waals surface area contributed by atoms with Crippen molar-refractivity contribution in [3.8, 4) is 0 Å². The van der Waals surface area contributed by atoms with Crippen molar-refractivity contribution in [2.45, 2.75) is 6.54 Å². The Labute approximate surface area is 105 Å². The molecule has 2 aromatic rings. The van der Waals surface area contributed by atoms with Crippen LogP contribution in [0.25, 0.3) is 0 Å². The molecule has 0 aliphatic rings. The number of nitrogen functional groups attached to an aromatic ring is 1. The number of aryl methyl sites for hydroxylation is 1. The van der Waals surface area contributed by atoms with E-state index in [2.05, 4.69) is 15.7 Å². The lowest BCUT2D eigenvalue weighted by Gasteiger charge is -2.08. The molecule has 94 valence electrons. The van der Waals surface area contributed by atoms with Crippen molar-refractivity contribution >= 4 is 17.4 Å². The van der Waals surface area contributed by atoms with E-state index in [9.17, 15) is 4.79 Å². The van der Waals surface area contributed by atoms with Gasteiger partial charge in [-0.05, 0) is 24.3 Å². The van der Waals surface area contributed by atoms with Crippen LogP contribution in [0.15, 0.2) is 36.5 Å². The van der Waals surface area contributed by atoms with Gasteiger partial charge in [0.05, 0.1) is 12.2 Å². The van der Waals surface area contributed by atoms with Crippen molar-refractivity contribution in [2.75, 3.05) is 11.1 Å². The molecule has 0 atom stereocenters. The van der Waals surface area contributed by atoms with E-state index in [0.29, 0.717) is 17.9 Å². The normalized spacial score (nSPS) is 10.1. The lowest BCUT2D eigenvalue weighted by atomic mass is 10.3. The quantitative estimate of drug-likeness (QED) is 0.713. The van der Waals surface area contributed by atoms with E-state index >= 15 is 0 Å². The molecule has 6 heteroatoms. The van der Waals surface area contributed by atoms with E-state index in [0.717, 1.165) is 5.69 Å². The highest BCUT2D eigenvalue weighted by Gasteiger charge is 2.03. The number of rotatable bonds is 3. The van der Waals surface area contributed by atoms with E-state index in [4.69, 9.17) is 5.73 Å². The highest BCUT2D eigenvalue weighted by molar-refractivity contribution is 5.89. The zero-order valence-corrected chi connectivity index (χ0v) is 10.1. The molecule has 2 amide bonds. The van der Waals surface area contributed by atoms with Gasteiger partial charge >= 0.3 is 6.03 Å². The summed E-state index contributed by atoms with van der Waals surface area (Å²) in [6.07, 6.45) is 1.69. The average Bonchev–Trinajstić information content (AvgIpc) is 2.72. The second-order valence-corrected chi connectivity index (χ2v) is 3.88. The summed E-state index contributed by atoms with van der Waals surface area (Å²) in [6.45, 7) is 0.421. The largest absolute Gasteiger partial charge is 0.399 e. The Morgan fingerprint density at radius 1 is 1.44 bits per heavy atom. The molecular formula is C12H15N5O. The fourth-order valence-corrected chi connectivity index (χ4v) is 1.54. The van der Waals surface area contributed by atoms with Crippen LogP contribution in [-0.4, -0.2) is 15.8 Å². The number of hydrogen-bond acceptors (Lipinski definition) is 3. The number of amides is 2. The number of carbonyl (C=O) groups is 1. The van der Waals surface area contributed by atoms with Gasteiger partial charge in [-0.3, -0.25) is 4.68 Å². The summed E-state index contributed by atoms with van der Waals surface area (Å²) in [5.41, 5.74) is 7.83. The van der Waals surface area contributed by atoms with Crippen LogP contribution in [0.4, 0.5) is 16.2 Å². The minimum Gasteiger partial charge on any atom is -0.399 e. The molecule has 0 radical (unpaired) electrons. The Kier molecular flexibility index (Phi) is 3.47. The number of carbonyl (C=O) groups excluding carboxylic acids is 1. The standard InChI is InChI=1S/C12H15N5O/c1-17-11(5-6-15-17)8-14-12(18)16-10-4-2-3-9(13)7-10/h2-7H,8,13H2,1H3,(H2,14,16,18). The number of aromatic nitrogens is 2. The molecule has 4 N–H and O–H groups in total. The fraction of sp³-hybridized carbons (Fsp3) is 0.167. The topological polar surface area (TPSA) is 85.0 Å². The van der Waals surface area contributed by atoms with Crippen LogP contribution in [0.3, 0.4) is 0 Å². The molecule has 2 rings (SSSR count). The molecule has 18 heavy (non-hydrogen) atoms. The number of benzene rings is 1. The van der Waals surface area contributed by atoms with Crippen molar-refractivity contribution in [1.82, 2.24) is 15.1 Å².